The summed E-state index contributed by atoms with van der Waals surface area (Å²) in [5, 5.41) is 2.80. The smallest absolute Gasteiger partial charge is 0.309 e. The third kappa shape index (κ3) is 5.71. The number of nitrogens with zero attached hydrogens (tertiary/aromatic N) is 1. The number of benzene rings is 1. The normalized spacial score (nSPS) is 12.1. The molecule has 1 unspecified atom stereocenters. The second-order valence-corrected chi connectivity index (χ2v) is 5.60. The van der Waals surface area contributed by atoms with Crippen LogP contribution in [0, 0.1) is 5.92 Å². The van der Waals surface area contributed by atoms with Gasteiger partial charge in [0.05, 0.1) is 19.6 Å². The lowest BCUT2D eigenvalue weighted by atomic mass is 10.2. The van der Waals surface area contributed by atoms with Crippen molar-refractivity contribution >= 4 is 33.5 Å². The van der Waals surface area contributed by atoms with Crippen LogP contribution in [-0.4, -0.2) is 44.0 Å². The third-order valence-corrected chi connectivity index (χ3v) is 3.20. The van der Waals surface area contributed by atoms with Gasteiger partial charge in [0.25, 0.3) is 0 Å². The summed E-state index contributed by atoms with van der Waals surface area (Å²) < 4.78 is 5.56. The van der Waals surface area contributed by atoms with Gasteiger partial charge in [-0.1, -0.05) is 28.9 Å². The van der Waals surface area contributed by atoms with Crippen LogP contribution in [0.3, 0.4) is 0 Å². The maximum Gasteiger partial charge on any atom is 0.309 e. The summed E-state index contributed by atoms with van der Waals surface area (Å²) in [6, 6.07) is 7.39. The lowest BCUT2D eigenvalue weighted by Crippen LogP contribution is -2.35. The number of esters is 1. The van der Waals surface area contributed by atoms with Crippen LogP contribution in [0.25, 0.3) is 0 Å². The van der Waals surface area contributed by atoms with Crippen molar-refractivity contribution in [1.82, 2.24) is 4.90 Å². The van der Waals surface area contributed by atoms with Crippen LogP contribution in [0.4, 0.5) is 5.69 Å². The molecule has 0 radical (unpaired) electrons. The van der Waals surface area contributed by atoms with Crippen molar-refractivity contribution in [3.63, 3.8) is 0 Å². The molecule has 1 N–H and O–H groups in total. The zero-order chi connectivity index (χ0) is 15.1. The van der Waals surface area contributed by atoms with Crippen molar-refractivity contribution in [2.75, 3.05) is 32.6 Å². The van der Waals surface area contributed by atoms with Crippen LogP contribution in [0.2, 0.25) is 0 Å². The minimum absolute atomic E-state index is 0.123. The molecule has 6 heteroatoms. The molecular formula is C14H19BrN2O3. The Morgan fingerprint density at radius 1 is 1.45 bits per heavy atom. The standard InChI is InChI=1S/C14H19BrN2O3/c1-10(14(19)20-3)8-17(2)9-13(18)16-12-6-4-5-11(15)7-12/h4-7,10H,8-9H2,1-3H3,(H,16,18). The molecule has 0 aliphatic rings. The van der Waals surface area contributed by atoms with Gasteiger partial charge in [-0.2, -0.15) is 0 Å². The van der Waals surface area contributed by atoms with E-state index in [2.05, 4.69) is 26.0 Å². The number of rotatable bonds is 6. The molecule has 0 fully saturated rings. The maximum absolute atomic E-state index is 11.9. The summed E-state index contributed by atoms with van der Waals surface area (Å²) in [7, 11) is 3.15. The van der Waals surface area contributed by atoms with Crippen LogP contribution in [-0.2, 0) is 14.3 Å². The molecule has 1 aromatic carbocycles. The van der Waals surface area contributed by atoms with Gasteiger partial charge in [-0.25, -0.2) is 0 Å². The number of carbonyl (C=O) groups is 2. The van der Waals surface area contributed by atoms with Crippen molar-refractivity contribution < 1.29 is 14.3 Å². The van der Waals surface area contributed by atoms with E-state index >= 15 is 0 Å². The highest BCUT2D eigenvalue weighted by atomic mass is 79.9. The van der Waals surface area contributed by atoms with Crippen LogP contribution >= 0.6 is 15.9 Å². The zero-order valence-electron chi connectivity index (χ0n) is 11.9. The monoisotopic (exact) mass is 342 g/mol. The minimum atomic E-state index is -0.274. The van der Waals surface area contributed by atoms with Gasteiger partial charge in [0, 0.05) is 16.7 Å². The Balaban J connectivity index is 2.44. The van der Waals surface area contributed by atoms with E-state index in [4.69, 9.17) is 0 Å². The highest BCUT2D eigenvalue weighted by molar-refractivity contribution is 9.10. The van der Waals surface area contributed by atoms with Gasteiger partial charge in [-0.05, 0) is 25.2 Å². The first kappa shape index (κ1) is 16.7. The van der Waals surface area contributed by atoms with E-state index in [1.165, 1.54) is 7.11 Å². The first-order chi connectivity index (χ1) is 9.42. The van der Waals surface area contributed by atoms with E-state index in [9.17, 15) is 9.59 Å². The SMILES string of the molecule is COC(=O)C(C)CN(C)CC(=O)Nc1cccc(Br)c1. The number of carbonyl (C=O) groups excluding carboxylic acids is 2. The molecule has 0 aliphatic carbocycles. The molecule has 0 bridgehead atoms. The third-order valence-electron chi connectivity index (χ3n) is 2.71. The van der Waals surface area contributed by atoms with Crippen molar-refractivity contribution in [3.8, 4) is 0 Å². The van der Waals surface area contributed by atoms with Gasteiger partial charge in [-0.15, -0.1) is 0 Å². The molecule has 0 saturated carbocycles. The van der Waals surface area contributed by atoms with E-state index in [0.717, 1.165) is 10.2 Å². The number of methoxy groups -OCH3 is 1. The average molecular weight is 343 g/mol. The quantitative estimate of drug-likeness (QED) is 0.804. The zero-order valence-corrected chi connectivity index (χ0v) is 13.4. The van der Waals surface area contributed by atoms with Crippen LogP contribution in [0.15, 0.2) is 28.7 Å². The number of amides is 1. The first-order valence-electron chi connectivity index (χ1n) is 6.24. The molecule has 20 heavy (non-hydrogen) atoms. The number of nitrogens with one attached hydrogen (secondary N) is 1. The average Bonchev–Trinajstić information content (AvgIpc) is 2.37. The number of hydrogen-bond acceptors (Lipinski definition) is 4. The van der Waals surface area contributed by atoms with Gasteiger partial charge in [0.1, 0.15) is 0 Å². The van der Waals surface area contributed by atoms with Crippen LogP contribution in [0.5, 0.6) is 0 Å². The van der Waals surface area contributed by atoms with Gasteiger partial charge < -0.3 is 10.1 Å². The van der Waals surface area contributed by atoms with Crippen molar-refractivity contribution in [3.05, 3.63) is 28.7 Å². The predicted molar refractivity (Wildman–Crippen MR) is 81.4 cm³/mol. The highest BCUT2D eigenvalue weighted by Gasteiger charge is 2.17. The van der Waals surface area contributed by atoms with E-state index < -0.39 is 0 Å². The Bertz CT molecular complexity index is 479. The van der Waals surface area contributed by atoms with E-state index in [-0.39, 0.29) is 24.3 Å². The Hall–Kier alpha value is -1.40. The van der Waals surface area contributed by atoms with Crippen LogP contribution in [0.1, 0.15) is 6.92 Å². The Labute approximate surface area is 127 Å². The molecular weight excluding hydrogens is 324 g/mol. The number of likely N-dealkylation sites (N-methyl/N-ethyl adjacent to an activating group) is 1. The summed E-state index contributed by atoms with van der Waals surface area (Å²) in [5.41, 5.74) is 0.735. The molecule has 1 aromatic rings. The summed E-state index contributed by atoms with van der Waals surface area (Å²) in [6.07, 6.45) is 0. The lowest BCUT2D eigenvalue weighted by Gasteiger charge is -2.19. The number of hydrogen-bond donors (Lipinski definition) is 1. The summed E-state index contributed by atoms with van der Waals surface area (Å²) in [6.45, 7) is 2.46. The van der Waals surface area contributed by atoms with E-state index in [1.54, 1.807) is 18.9 Å². The molecule has 1 rings (SSSR count). The Morgan fingerprint density at radius 2 is 2.15 bits per heavy atom. The highest BCUT2D eigenvalue weighted by Crippen LogP contribution is 2.15. The van der Waals surface area contributed by atoms with Crippen molar-refractivity contribution in [1.29, 1.82) is 0 Å². The van der Waals surface area contributed by atoms with Gasteiger partial charge in [-0.3, -0.25) is 14.5 Å². The Kier molecular flexibility index (Phi) is 6.67. The maximum atomic E-state index is 11.9. The molecule has 0 aromatic heterocycles. The number of ether oxygens (including phenoxy) is 1. The van der Waals surface area contributed by atoms with Gasteiger partial charge in [0.2, 0.25) is 5.91 Å². The fourth-order valence-corrected chi connectivity index (χ4v) is 2.22. The van der Waals surface area contributed by atoms with E-state index in [0.29, 0.717) is 6.54 Å². The van der Waals surface area contributed by atoms with E-state index in [1.807, 2.05) is 24.3 Å². The largest absolute Gasteiger partial charge is 0.469 e. The summed E-state index contributed by atoms with van der Waals surface area (Å²) in [5.74, 6) is -0.657. The summed E-state index contributed by atoms with van der Waals surface area (Å²) >= 11 is 3.35. The van der Waals surface area contributed by atoms with Gasteiger partial charge >= 0.3 is 5.97 Å². The second kappa shape index (κ2) is 8.01. The molecule has 0 heterocycles. The molecule has 0 saturated heterocycles. The van der Waals surface area contributed by atoms with Crippen molar-refractivity contribution in [2.45, 2.75) is 6.92 Å². The lowest BCUT2D eigenvalue weighted by molar-refractivity contribution is -0.145. The Morgan fingerprint density at radius 3 is 2.75 bits per heavy atom. The first-order valence-corrected chi connectivity index (χ1v) is 7.03. The number of halogens is 1. The minimum Gasteiger partial charge on any atom is -0.469 e. The molecule has 1 amide bonds. The fraction of sp³-hybridized carbons (Fsp3) is 0.429. The fourth-order valence-electron chi connectivity index (χ4n) is 1.82. The number of anilines is 1. The molecule has 1 atom stereocenters. The van der Waals surface area contributed by atoms with Crippen molar-refractivity contribution in [2.24, 2.45) is 5.92 Å². The summed E-state index contributed by atoms with van der Waals surface area (Å²) in [4.78, 5) is 25.0. The molecule has 5 nitrogen and oxygen atoms in total. The predicted octanol–water partition coefficient (Wildman–Crippen LogP) is 2.13. The second-order valence-electron chi connectivity index (χ2n) is 4.68. The topological polar surface area (TPSA) is 58.6 Å². The molecule has 110 valence electrons. The molecule has 0 spiro atoms. The molecule has 0 aliphatic heterocycles. The van der Waals surface area contributed by atoms with Crippen LogP contribution < -0.4 is 5.32 Å². The van der Waals surface area contributed by atoms with Gasteiger partial charge in [0.15, 0.2) is 0 Å².